The summed E-state index contributed by atoms with van der Waals surface area (Å²) in [5.41, 5.74) is 0. The van der Waals surface area contributed by atoms with Crippen molar-refractivity contribution in [2.24, 2.45) is 0 Å². The summed E-state index contributed by atoms with van der Waals surface area (Å²) < 4.78 is 22.8. The lowest BCUT2D eigenvalue weighted by Crippen LogP contribution is -2.59. The van der Waals surface area contributed by atoms with Gasteiger partial charge in [-0.25, -0.2) is 0 Å². The smallest absolute Gasteiger partial charge is 0.306 e. The number of hydrogen-bond acceptors (Lipinski definition) is 9. The van der Waals surface area contributed by atoms with E-state index >= 15 is 0 Å². The van der Waals surface area contributed by atoms with Crippen LogP contribution in [0.4, 0.5) is 0 Å². The van der Waals surface area contributed by atoms with Crippen LogP contribution in [-0.2, 0) is 23.7 Å². The van der Waals surface area contributed by atoms with E-state index in [4.69, 9.17) is 18.9 Å². The molecule has 0 aromatic heterocycles. The number of carbonyl (C=O) groups is 1. The fourth-order valence-electron chi connectivity index (χ4n) is 6.77. The molecule has 0 aliphatic carbocycles. The van der Waals surface area contributed by atoms with Crippen LogP contribution in [0.3, 0.4) is 0 Å². The predicted molar refractivity (Wildman–Crippen MR) is 256 cm³/mol. The summed E-state index contributed by atoms with van der Waals surface area (Å²) in [7, 11) is 0. The minimum Gasteiger partial charge on any atom is -0.457 e. The van der Waals surface area contributed by atoms with Crippen molar-refractivity contribution in [2.45, 2.75) is 205 Å². The molecule has 1 heterocycles. The van der Waals surface area contributed by atoms with Crippen molar-refractivity contribution in [3.8, 4) is 0 Å². The Labute approximate surface area is 377 Å². The Morgan fingerprint density at radius 3 is 1.40 bits per heavy atom. The van der Waals surface area contributed by atoms with Gasteiger partial charge in [0.05, 0.1) is 19.8 Å². The van der Waals surface area contributed by atoms with Crippen molar-refractivity contribution in [1.82, 2.24) is 0 Å². The third kappa shape index (κ3) is 33.6. The molecule has 4 N–H and O–H groups in total. The maximum atomic E-state index is 12.8. The summed E-state index contributed by atoms with van der Waals surface area (Å²) in [6, 6.07) is 0. The molecule has 0 amide bonds. The van der Waals surface area contributed by atoms with E-state index < -0.39 is 43.4 Å². The Kier molecular flexibility index (Phi) is 40.0. The number of allylic oxidation sites excluding steroid dienone is 16. The lowest BCUT2D eigenvalue weighted by atomic mass is 9.99. The van der Waals surface area contributed by atoms with E-state index in [1.807, 2.05) is 0 Å². The second kappa shape index (κ2) is 43.4. The molecule has 1 saturated heterocycles. The van der Waals surface area contributed by atoms with Gasteiger partial charge < -0.3 is 39.4 Å². The zero-order valence-corrected chi connectivity index (χ0v) is 38.8. The first-order chi connectivity index (χ1) is 30.4. The lowest BCUT2D eigenvalue weighted by molar-refractivity contribution is -0.305. The number of unbranched alkanes of at least 4 members (excludes halogenated alkanes) is 13. The van der Waals surface area contributed by atoms with Crippen molar-refractivity contribution < 1.29 is 44.2 Å². The number of hydrogen-bond donors (Lipinski definition) is 4. The molecule has 0 aromatic carbocycles. The molecular formula is C53H88O9. The van der Waals surface area contributed by atoms with E-state index in [1.54, 1.807) is 0 Å². The summed E-state index contributed by atoms with van der Waals surface area (Å²) in [5, 5.41) is 40.2. The number of ether oxygens (including phenoxy) is 4. The van der Waals surface area contributed by atoms with Gasteiger partial charge in [0, 0.05) is 13.0 Å². The average molecular weight is 869 g/mol. The number of esters is 1. The number of aliphatic hydroxyl groups is 4. The molecule has 0 saturated carbocycles. The number of aliphatic hydroxyl groups excluding tert-OH is 4. The monoisotopic (exact) mass is 869 g/mol. The van der Waals surface area contributed by atoms with Crippen LogP contribution in [0.15, 0.2) is 97.2 Å². The van der Waals surface area contributed by atoms with Crippen molar-refractivity contribution in [3.63, 3.8) is 0 Å². The quantitative estimate of drug-likeness (QED) is 0.0270. The normalized spacial score (nSPS) is 20.6. The molecule has 1 aliphatic rings. The Bertz CT molecular complexity index is 1260. The van der Waals surface area contributed by atoms with Crippen LogP contribution in [0.5, 0.6) is 0 Å². The van der Waals surface area contributed by atoms with Crippen LogP contribution in [0.2, 0.25) is 0 Å². The van der Waals surface area contributed by atoms with E-state index in [9.17, 15) is 25.2 Å². The van der Waals surface area contributed by atoms with Crippen LogP contribution in [0, 0.1) is 0 Å². The van der Waals surface area contributed by atoms with Gasteiger partial charge in [0.15, 0.2) is 6.29 Å². The Balaban J connectivity index is 2.21. The minimum atomic E-state index is -1.55. The van der Waals surface area contributed by atoms with Gasteiger partial charge in [-0.15, -0.1) is 0 Å². The summed E-state index contributed by atoms with van der Waals surface area (Å²) in [4.78, 5) is 12.8. The van der Waals surface area contributed by atoms with E-state index in [0.717, 1.165) is 89.9 Å². The summed E-state index contributed by atoms with van der Waals surface area (Å²) >= 11 is 0. The number of rotatable bonds is 40. The van der Waals surface area contributed by atoms with Crippen LogP contribution in [0.1, 0.15) is 168 Å². The van der Waals surface area contributed by atoms with Gasteiger partial charge in [-0.05, 0) is 89.9 Å². The molecule has 0 aromatic rings. The van der Waals surface area contributed by atoms with E-state index in [-0.39, 0.29) is 25.6 Å². The second-order valence-electron chi connectivity index (χ2n) is 16.1. The molecule has 6 unspecified atom stereocenters. The Hall–Kier alpha value is -2.89. The zero-order valence-electron chi connectivity index (χ0n) is 38.8. The topological polar surface area (TPSA) is 135 Å². The molecular weight excluding hydrogens is 781 g/mol. The van der Waals surface area contributed by atoms with Gasteiger partial charge in [-0.2, -0.15) is 0 Å². The van der Waals surface area contributed by atoms with Crippen molar-refractivity contribution >= 4 is 5.97 Å². The standard InChI is InChI=1S/C53H88O9/c1-3-5-7-9-11-13-15-17-18-19-20-21-22-23-24-25-26-27-28-29-31-33-35-37-39-41-43-59-45-47(46-60-53-52(58)51(57)50(56)48(44-54)62-53)61-49(55)42-40-38-36-34-32-30-16-14-12-10-8-6-4-2/h5-8,11-14,17-18,20-21,23-24,30,32,47-48,50-54,56-58H,3-4,9-10,15-16,19,22,25-29,31,33-46H2,1-2H3/b7-5-,8-6-,13-11-,14-12-,18-17-,21-20-,24-23-,32-30-. The molecule has 6 atom stereocenters. The van der Waals surface area contributed by atoms with Crippen LogP contribution in [0.25, 0.3) is 0 Å². The van der Waals surface area contributed by atoms with E-state index in [1.165, 1.54) is 51.4 Å². The predicted octanol–water partition coefficient (Wildman–Crippen LogP) is 11.6. The highest BCUT2D eigenvalue weighted by Crippen LogP contribution is 2.22. The SMILES string of the molecule is CC/C=C\C/C=C\C/C=C\C/C=C\C/C=C\CCCCCCCCCCCCOCC(COC1OC(CO)C(O)C(O)C1O)OC(=O)CCCCC/C=C\C/C=C\C/C=C\CC. The van der Waals surface area contributed by atoms with Crippen LogP contribution < -0.4 is 0 Å². The lowest BCUT2D eigenvalue weighted by Gasteiger charge is -2.39. The molecule has 0 spiro atoms. The summed E-state index contributed by atoms with van der Waals surface area (Å²) in [5.74, 6) is -0.348. The first-order valence-electron chi connectivity index (χ1n) is 24.3. The zero-order chi connectivity index (χ0) is 45.0. The molecule has 1 aliphatic heterocycles. The molecule has 9 heteroatoms. The summed E-state index contributed by atoms with van der Waals surface area (Å²) in [6.07, 6.45) is 53.0. The maximum Gasteiger partial charge on any atom is 0.306 e. The molecule has 9 nitrogen and oxygen atoms in total. The molecule has 1 fully saturated rings. The third-order valence-electron chi connectivity index (χ3n) is 10.5. The van der Waals surface area contributed by atoms with Gasteiger partial charge in [0.1, 0.15) is 30.5 Å². The molecule has 0 radical (unpaired) electrons. The van der Waals surface area contributed by atoms with Crippen molar-refractivity contribution in [2.75, 3.05) is 26.4 Å². The van der Waals surface area contributed by atoms with Crippen LogP contribution in [-0.4, -0.2) is 89.6 Å². The summed E-state index contributed by atoms with van der Waals surface area (Å²) in [6.45, 7) is 4.26. The van der Waals surface area contributed by atoms with Crippen LogP contribution >= 0.6 is 0 Å². The van der Waals surface area contributed by atoms with Gasteiger partial charge in [0.25, 0.3) is 0 Å². The van der Waals surface area contributed by atoms with Gasteiger partial charge in [0.2, 0.25) is 0 Å². The van der Waals surface area contributed by atoms with Gasteiger partial charge >= 0.3 is 5.97 Å². The van der Waals surface area contributed by atoms with Gasteiger partial charge in [-0.3, -0.25) is 4.79 Å². The second-order valence-corrected chi connectivity index (χ2v) is 16.1. The fourth-order valence-corrected chi connectivity index (χ4v) is 6.77. The molecule has 62 heavy (non-hydrogen) atoms. The van der Waals surface area contributed by atoms with Crippen molar-refractivity contribution in [3.05, 3.63) is 97.2 Å². The average Bonchev–Trinajstić information content (AvgIpc) is 3.27. The largest absolute Gasteiger partial charge is 0.457 e. The highest BCUT2D eigenvalue weighted by Gasteiger charge is 2.44. The molecule has 1 rings (SSSR count). The maximum absolute atomic E-state index is 12.8. The Morgan fingerprint density at radius 1 is 0.516 bits per heavy atom. The Morgan fingerprint density at radius 2 is 0.935 bits per heavy atom. The highest BCUT2D eigenvalue weighted by molar-refractivity contribution is 5.69. The third-order valence-corrected chi connectivity index (χ3v) is 10.5. The first kappa shape index (κ1) is 57.1. The van der Waals surface area contributed by atoms with E-state index in [0.29, 0.717) is 13.0 Å². The molecule has 0 bridgehead atoms. The van der Waals surface area contributed by atoms with Crippen molar-refractivity contribution in [1.29, 1.82) is 0 Å². The highest BCUT2D eigenvalue weighted by atomic mass is 16.7. The van der Waals surface area contributed by atoms with E-state index in [2.05, 4.69) is 111 Å². The minimum absolute atomic E-state index is 0.123. The van der Waals surface area contributed by atoms with Gasteiger partial charge in [-0.1, -0.05) is 169 Å². The fraction of sp³-hybridized carbons (Fsp3) is 0.679. The first-order valence-corrected chi connectivity index (χ1v) is 24.3. The molecule has 354 valence electrons. The number of carbonyl (C=O) groups excluding carboxylic acids is 1.